The number of rotatable bonds is 5. The van der Waals surface area contributed by atoms with Crippen LogP contribution in [0.4, 0.5) is 22.0 Å². The summed E-state index contributed by atoms with van der Waals surface area (Å²) in [5.74, 6) is 0.859. The number of hydrogen-bond acceptors (Lipinski definition) is 11. The van der Waals surface area contributed by atoms with Crippen molar-refractivity contribution in [1.29, 1.82) is 0 Å². The molecule has 1 aliphatic carbocycles. The molecule has 3 N–H and O–H groups in total. The van der Waals surface area contributed by atoms with E-state index >= 15 is 0 Å². The number of aliphatic hydroxyl groups excluding tert-OH is 1. The number of carbonyl (C=O) groups excluding carboxylic acids is 4. The second kappa shape index (κ2) is 14.5. The zero-order valence-corrected chi connectivity index (χ0v) is 31.5. The molecule has 6 aliphatic heterocycles. The van der Waals surface area contributed by atoms with E-state index in [1.165, 1.54) is 0 Å². The molecule has 1 aromatic carbocycles. The van der Waals surface area contributed by atoms with E-state index in [4.69, 9.17) is 0 Å². The first-order valence-corrected chi connectivity index (χ1v) is 20.0. The number of carbonyl (C=O) groups is 4. The Labute approximate surface area is 321 Å². The molecule has 55 heavy (non-hydrogen) atoms. The lowest BCUT2D eigenvalue weighted by Gasteiger charge is -2.48. The fourth-order valence-corrected chi connectivity index (χ4v) is 9.56. The number of amides is 5. The zero-order chi connectivity index (χ0) is 37.8. The van der Waals surface area contributed by atoms with Crippen LogP contribution in [0.1, 0.15) is 67.1 Å². The Morgan fingerprint density at radius 3 is 2.55 bits per heavy atom. The molecule has 7 heterocycles. The molecule has 1 aromatic heterocycles. The highest BCUT2D eigenvalue weighted by Gasteiger charge is 2.40. The summed E-state index contributed by atoms with van der Waals surface area (Å²) in [4.78, 5) is 64.2. The normalized spacial score (nSPS) is 26.2. The van der Waals surface area contributed by atoms with Crippen molar-refractivity contribution < 1.29 is 24.3 Å². The molecule has 2 aromatic rings. The number of benzene rings is 1. The average Bonchev–Trinajstić information content (AvgIpc) is 3.53. The largest absolute Gasteiger partial charge is 0.512 e. The number of hydrogen-bond donors (Lipinski definition) is 3. The van der Waals surface area contributed by atoms with E-state index in [-0.39, 0.29) is 42.3 Å². The van der Waals surface area contributed by atoms with Gasteiger partial charge in [-0.1, -0.05) is 18.2 Å². The quantitative estimate of drug-likeness (QED) is 0.386. The van der Waals surface area contributed by atoms with Gasteiger partial charge in [0.15, 0.2) is 5.82 Å². The van der Waals surface area contributed by atoms with Gasteiger partial charge in [-0.05, 0) is 62.3 Å². The van der Waals surface area contributed by atoms with E-state index in [1.807, 2.05) is 34.1 Å². The minimum atomic E-state index is -0.604. The van der Waals surface area contributed by atoms with E-state index in [9.17, 15) is 24.3 Å². The molecule has 0 radical (unpaired) electrons. The minimum absolute atomic E-state index is 0.120. The molecule has 290 valence electrons. The Bertz CT molecular complexity index is 1960. The molecule has 4 saturated heterocycles. The number of imide groups is 1. The fraction of sp³-hybridized carbons (Fsp3) is 0.550. The number of fused-ring (bicyclic) bond motifs is 4. The number of piperazine rings is 2. The monoisotopic (exact) mass is 750 g/mol. The average molecular weight is 751 g/mol. The first-order chi connectivity index (χ1) is 26.7. The molecular formula is C40H50N10O5. The van der Waals surface area contributed by atoms with E-state index in [2.05, 4.69) is 54.6 Å². The number of nitrogens with zero attached hydrogens (tertiary/aromatic N) is 8. The molecule has 7 aliphatic rings. The molecule has 0 bridgehead atoms. The van der Waals surface area contributed by atoms with Gasteiger partial charge in [-0.2, -0.15) is 0 Å². The predicted molar refractivity (Wildman–Crippen MR) is 207 cm³/mol. The molecule has 5 amide bonds. The summed E-state index contributed by atoms with van der Waals surface area (Å²) in [6, 6.07) is 8.01. The third kappa shape index (κ3) is 6.76. The Balaban J connectivity index is 0.752. The number of anilines is 3. The SMILES string of the molecule is CC1CN(C(=O)N2CCN3c4cc(C5=C(O)CCC=C5)nnc4NC[C@H]3C2)CCN1CC1CCN(c2ccc3c(c2)C(=O)N(C2CCC(=O)NC2=O)C3)CC1. The van der Waals surface area contributed by atoms with Crippen LogP contribution in [-0.2, 0) is 16.1 Å². The van der Waals surface area contributed by atoms with Crippen molar-refractivity contribution in [2.24, 2.45) is 5.92 Å². The van der Waals surface area contributed by atoms with Gasteiger partial charge in [0.2, 0.25) is 11.8 Å². The summed E-state index contributed by atoms with van der Waals surface area (Å²) in [5.41, 5.74) is 5.00. The predicted octanol–water partition coefficient (Wildman–Crippen LogP) is 2.82. The van der Waals surface area contributed by atoms with Crippen molar-refractivity contribution in [2.45, 2.75) is 70.1 Å². The van der Waals surface area contributed by atoms with Gasteiger partial charge in [-0.3, -0.25) is 24.6 Å². The number of urea groups is 1. The summed E-state index contributed by atoms with van der Waals surface area (Å²) in [5, 5.41) is 25.1. The molecule has 9 rings (SSSR count). The summed E-state index contributed by atoms with van der Waals surface area (Å²) in [6.07, 6.45) is 8.14. The summed E-state index contributed by atoms with van der Waals surface area (Å²) >= 11 is 0. The molecule has 2 unspecified atom stereocenters. The second-order valence-electron chi connectivity index (χ2n) is 16.2. The topological polar surface area (TPSA) is 158 Å². The first-order valence-electron chi connectivity index (χ1n) is 20.0. The van der Waals surface area contributed by atoms with Crippen LogP contribution >= 0.6 is 0 Å². The van der Waals surface area contributed by atoms with E-state index in [0.717, 1.165) is 80.3 Å². The van der Waals surface area contributed by atoms with Crippen LogP contribution in [0.2, 0.25) is 0 Å². The Morgan fingerprint density at radius 2 is 1.75 bits per heavy atom. The highest BCUT2D eigenvalue weighted by Crippen LogP contribution is 2.36. The maximum absolute atomic E-state index is 13.9. The van der Waals surface area contributed by atoms with Gasteiger partial charge in [-0.15, -0.1) is 10.2 Å². The number of allylic oxidation sites excluding steroid dienone is 4. The smallest absolute Gasteiger partial charge is 0.320 e. The van der Waals surface area contributed by atoms with Crippen LogP contribution < -0.4 is 20.4 Å². The molecule has 0 saturated carbocycles. The van der Waals surface area contributed by atoms with Crippen molar-refractivity contribution in [3.63, 3.8) is 0 Å². The van der Waals surface area contributed by atoms with Crippen LogP contribution in [0.15, 0.2) is 42.2 Å². The highest BCUT2D eigenvalue weighted by molar-refractivity contribution is 6.05. The standard InChI is InChI=1S/C40H50N10O5/c1-25-21-47(40(55)48-16-17-49-29(24-48)20-41-37-34(49)19-32(43-44-37)30-4-2-3-5-35(30)51)15-14-46(25)22-26-10-12-45(13-11-26)28-7-6-27-23-50(39(54)31(27)18-28)33-8-9-36(52)42-38(33)53/h2,4,6-7,18-19,25-26,29,33,51H,3,5,8-17,20-24H2,1H3,(H,41,44)(H,42,52,53)/t25?,29-,33?/m0/s1. The third-order valence-corrected chi connectivity index (χ3v) is 12.8. The minimum Gasteiger partial charge on any atom is -0.512 e. The molecule has 3 atom stereocenters. The fourth-order valence-electron chi connectivity index (χ4n) is 9.56. The van der Waals surface area contributed by atoms with Crippen molar-refractivity contribution in [1.82, 2.24) is 35.1 Å². The highest BCUT2D eigenvalue weighted by atomic mass is 16.3. The number of aliphatic hydroxyl groups is 1. The van der Waals surface area contributed by atoms with Crippen LogP contribution in [-0.4, -0.2) is 142 Å². The third-order valence-electron chi connectivity index (χ3n) is 12.8. The van der Waals surface area contributed by atoms with Gasteiger partial charge in [0.25, 0.3) is 5.91 Å². The summed E-state index contributed by atoms with van der Waals surface area (Å²) in [6.45, 7) is 10.5. The van der Waals surface area contributed by atoms with Crippen molar-refractivity contribution in [3.05, 3.63) is 59.0 Å². The van der Waals surface area contributed by atoms with Crippen LogP contribution in [0.5, 0.6) is 0 Å². The van der Waals surface area contributed by atoms with E-state index in [0.29, 0.717) is 75.0 Å². The van der Waals surface area contributed by atoms with Crippen molar-refractivity contribution in [2.75, 3.05) is 80.6 Å². The summed E-state index contributed by atoms with van der Waals surface area (Å²) in [7, 11) is 0. The molecule has 15 nitrogen and oxygen atoms in total. The molecule has 0 spiro atoms. The van der Waals surface area contributed by atoms with Gasteiger partial charge in [0.1, 0.15) is 11.8 Å². The maximum atomic E-state index is 13.9. The Morgan fingerprint density at radius 1 is 0.927 bits per heavy atom. The Hall–Kier alpha value is -5.18. The number of aromatic nitrogens is 2. The van der Waals surface area contributed by atoms with Gasteiger partial charge >= 0.3 is 6.03 Å². The lowest BCUT2D eigenvalue weighted by atomic mass is 9.94. The lowest BCUT2D eigenvalue weighted by Crippen LogP contribution is -2.63. The first kappa shape index (κ1) is 35.5. The lowest BCUT2D eigenvalue weighted by molar-refractivity contribution is -0.136. The van der Waals surface area contributed by atoms with E-state index in [1.54, 1.807) is 4.90 Å². The van der Waals surface area contributed by atoms with Crippen LogP contribution in [0.25, 0.3) is 5.57 Å². The van der Waals surface area contributed by atoms with Gasteiger partial charge in [0, 0.05) is 108 Å². The number of nitrogens with one attached hydrogen (secondary N) is 2. The van der Waals surface area contributed by atoms with Crippen molar-refractivity contribution >= 4 is 46.5 Å². The second-order valence-corrected chi connectivity index (χ2v) is 16.2. The van der Waals surface area contributed by atoms with Crippen LogP contribution in [0.3, 0.4) is 0 Å². The Kier molecular flexibility index (Phi) is 9.35. The summed E-state index contributed by atoms with van der Waals surface area (Å²) < 4.78 is 0. The maximum Gasteiger partial charge on any atom is 0.320 e. The molecule has 4 fully saturated rings. The zero-order valence-electron chi connectivity index (χ0n) is 31.5. The van der Waals surface area contributed by atoms with Crippen LogP contribution in [0, 0.1) is 5.92 Å². The van der Waals surface area contributed by atoms with Gasteiger partial charge in [-0.25, -0.2) is 4.79 Å². The van der Waals surface area contributed by atoms with E-state index < -0.39 is 6.04 Å². The number of piperidine rings is 2. The molecule has 15 heteroatoms. The van der Waals surface area contributed by atoms with Gasteiger partial charge < -0.3 is 34.9 Å². The molecular weight excluding hydrogens is 701 g/mol. The van der Waals surface area contributed by atoms with Crippen molar-refractivity contribution in [3.8, 4) is 0 Å². The van der Waals surface area contributed by atoms with Gasteiger partial charge in [0.05, 0.1) is 17.4 Å².